The number of terminal acetylenes is 1. The van der Waals surface area contributed by atoms with E-state index in [4.69, 9.17) is 20.6 Å². The van der Waals surface area contributed by atoms with Gasteiger partial charge in [-0.1, -0.05) is 26.7 Å². The van der Waals surface area contributed by atoms with Gasteiger partial charge in [0.25, 0.3) is 0 Å². The van der Waals surface area contributed by atoms with E-state index >= 15 is 0 Å². The van der Waals surface area contributed by atoms with E-state index < -0.39 is 0 Å². The SMILES string of the molecule is C#CCOCCC(C)(CC)OCCC(C)(CC)OCCC. The van der Waals surface area contributed by atoms with Crippen molar-refractivity contribution in [2.24, 2.45) is 0 Å². The van der Waals surface area contributed by atoms with Crippen LogP contribution in [-0.2, 0) is 14.2 Å². The van der Waals surface area contributed by atoms with E-state index in [1.165, 1.54) is 0 Å². The Kier molecular flexibility index (Phi) is 10.8. The van der Waals surface area contributed by atoms with Gasteiger partial charge in [-0.2, -0.15) is 0 Å². The first-order valence-corrected chi connectivity index (χ1v) is 8.24. The minimum atomic E-state index is -0.145. The topological polar surface area (TPSA) is 27.7 Å². The molecule has 3 heteroatoms. The van der Waals surface area contributed by atoms with Gasteiger partial charge in [0.15, 0.2) is 0 Å². The van der Waals surface area contributed by atoms with E-state index in [9.17, 15) is 0 Å². The molecule has 2 unspecified atom stereocenters. The summed E-state index contributed by atoms with van der Waals surface area (Å²) in [4.78, 5) is 0. The summed E-state index contributed by atoms with van der Waals surface area (Å²) >= 11 is 0. The molecule has 21 heavy (non-hydrogen) atoms. The highest BCUT2D eigenvalue weighted by Gasteiger charge is 2.26. The fraction of sp³-hybridized carbons (Fsp3) is 0.889. The first-order valence-electron chi connectivity index (χ1n) is 8.24. The Morgan fingerprint density at radius 1 is 0.857 bits per heavy atom. The van der Waals surface area contributed by atoms with Crippen molar-refractivity contribution >= 4 is 0 Å². The van der Waals surface area contributed by atoms with Gasteiger partial charge in [-0.3, -0.25) is 0 Å². The first-order chi connectivity index (χ1) is 9.95. The lowest BCUT2D eigenvalue weighted by molar-refractivity contribution is -0.0950. The third kappa shape index (κ3) is 9.14. The molecule has 0 rings (SSSR count). The summed E-state index contributed by atoms with van der Waals surface area (Å²) in [6, 6.07) is 0. The molecule has 0 aliphatic rings. The van der Waals surface area contributed by atoms with Crippen LogP contribution in [0.15, 0.2) is 0 Å². The Labute approximate surface area is 131 Å². The molecular weight excluding hydrogens is 264 g/mol. The molecule has 0 bridgehead atoms. The standard InChI is InChI=1S/C18H34O3/c1-7-13-19-15-11-17(5,9-3)21-16-12-18(6,10-4)20-14-8-2/h1H,8-16H2,2-6H3. The van der Waals surface area contributed by atoms with E-state index in [0.717, 1.165) is 38.7 Å². The average molecular weight is 298 g/mol. The quantitative estimate of drug-likeness (QED) is 0.377. The molecule has 0 saturated carbocycles. The lowest BCUT2D eigenvalue weighted by Crippen LogP contribution is -2.34. The van der Waals surface area contributed by atoms with Crippen LogP contribution in [0.4, 0.5) is 0 Å². The highest BCUT2D eigenvalue weighted by atomic mass is 16.5. The minimum absolute atomic E-state index is 0.0787. The fourth-order valence-corrected chi connectivity index (χ4v) is 1.98. The fourth-order valence-electron chi connectivity index (χ4n) is 1.98. The summed E-state index contributed by atoms with van der Waals surface area (Å²) in [5.41, 5.74) is -0.224. The Hall–Kier alpha value is -0.560. The Morgan fingerprint density at radius 2 is 1.38 bits per heavy atom. The van der Waals surface area contributed by atoms with Crippen LogP contribution in [0.25, 0.3) is 0 Å². The average Bonchev–Trinajstić information content (AvgIpc) is 2.49. The van der Waals surface area contributed by atoms with E-state index in [0.29, 0.717) is 19.8 Å². The molecule has 0 aliphatic carbocycles. The van der Waals surface area contributed by atoms with Crippen molar-refractivity contribution in [1.82, 2.24) is 0 Å². The van der Waals surface area contributed by atoms with Gasteiger partial charge in [0.05, 0.1) is 24.4 Å². The molecule has 2 atom stereocenters. The molecule has 3 nitrogen and oxygen atoms in total. The molecule has 0 heterocycles. The monoisotopic (exact) mass is 298 g/mol. The van der Waals surface area contributed by atoms with Gasteiger partial charge in [-0.05, 0) is 46.0 Å². The van der Waals surface area contributed by atoms with Gasteiger partial charge in [0, 0.05) is 6.61 Å². The van der Waals surface area contributed by atoms with Crippen molar-refractivity contribution < 1.29 is 14.2 Å². The second-order valence-electron chi connectivity index (χ2n) is 6.06. The van der Waals surface area contributed by atoms with Crippen molar-refractivity contribution in [2.45, 2.75) is 77.9 Å². The van der Waals surface area contributed by atoms with Crippen molar-refractivity contribution in [3.05, 3.63) is 0 Å². The molecule has 0 amide bonds. The van der Waals surface area contributed by atoms with Crippen molar-refractivity contribution in [3.63, 3.8) is 0 Å². The number of hydrogen-bond donors (Lipinski definition) is 0. The zero-order valence-electron chi connectivity index (χ0n) is 14.7. The normalized spacial score (nSPS) is 17.0. The molecule has 0 spiro atoms. The Balaban J connectivity index is 4.15. The molecule has 0 N–H and O–H groups in total. The molecule has 124 valence electrons. The van der Waals surface area contributed by atoms with E-state index in [-0.39, 0.29) is 11.2 Å². The van der Waals surface area contributed by atoms with Crippen molar-refractivity contribution in [3.8, 4) is 12.3 Å². The van der Waals surface area contributed by atoms with Gasteiger partial charge in [0.2, 0.25) is 0 Å². The van der Waals surface area contributed by atoms with Crippen LogP contribution in [0, 0.1) is 12.3 Å². The molecule has 0 aromatic carbocycles. The number of hydrogen-bond acceptors (Lipinski definition) is 3. The predicted octanol–water partition coefficient (Wildman–Crippen LogP) is 4.20. The summed E-state index contributed by atoms with van der Waals surface area (Å²) in [6.07, 6.45) is 9.98. The van der Waals surface area contributed by atoms with E-state index in [1.54, 1.807) is 0 Å². The third-order valence-corrected chi connectivity index (χ3v) is 4.19. The van der Waals surface area contributed by atoms with Gasteiger partial charge in [-0.15, -0.1) is 6.42 Å². The molecule has 0 aliphatic heterocycles. The van der Waals surface area contributed by atoms with Crippen molar-refractivity contribution in [2.75, 3.05) is 26.4 Å². The maximum absolute atomic E-state index is 6.12. The van der Waals surface area contributed by atoms with E-state index in [1.807, 2.05) is 0 Å². The maximum atomic E-state index is 6.12. The van der Waals surface area contributed by atoms with Gasteiger partial charge < -0.3 is 14.2 Å². The highest BCUT2D eigenvalue weighted by Crippen LogP contribution is 2.24. The molecule has 0 fully saturated rings. The van der Waals surface area contributed by atoms with Gasteiger partial charge >= 0.3 is 0 Å². The zero-order valence-corrected chi connectivity index (χ0v) is 14.7. The molecule has 0 saturated heterocycles. The van der Waals surface area contributed by atoms with Crippen LogP contribution in [-0.4, -0.2) is 37.6 Å². The second kappa shape index (κ2) is 11.1. The largest absolute Gasteiger partial charge is 0.375 e. The van der Waals surface area contributed by atoms with Crippen LogP contribution in [0.5, 0.6) is 0 Å². The zero-order chi connectivity index (χ0) is 16.2. The molecule has 0 aromatic rings. The lowest BCUT2D eigenvalue weighted by Gasteiger charge is -2.33. The second-order valence-corrected chi connectivity index (χ2v) is 6.06. The summed E-state index contributed by atoms with van der Waals surface area (Å²) < 4.78 is 17.4. The highest BCUT2D eigenvalue weighted by molar-refractivity contribution is 4.83. The number of ether oxygens (including phenoxy) is 3. The maximum Gasteiger partial charge on any atom is 0.107 e. The van der Waals surface area contributed by atoms with Crippen molar-refractivity contribution in [1.29, 1.82) is 0 Å². The third-order valence-electron chi connectivity index (χ3n) is 4.19. The van der Waals surface area contributed by atoms with E-state index in [2.05, 4.69) is 40.5 Å². The minimum Gasteiger partial charge on any atom is -0.375 e. The van der Waals surface area contributed by atoms with Crippen LogP contribution in [0.3, 0.4) is 0 Å². The van der Waals surface area contributed by atoms with Crippen LogP contribution < -0.4 is 0 Å². The smallest absolute Gasteiger partial charge is 0.107 e. The first kappa shape index (κ1) is 20.4. The van der Waals surface area contributed by atoms with Gasteiger partial charge in [0.1, 0.15) is 6.61 Å². The van der Waals surface area contributed by atoms with Crippen LogP contribution in [0.2, 0.25) is 0 Å². The van der Waals surface area contributed by atoms with Crippen LogP contribution >= 0.6 is 0 Å². The Morgan fingerprint density at radius 3 is 1.86 bits per heavy atom. The molecule has 0 aromatic heterocycles. The Bertz CT molecular complexity index is 297. The number of rotatable bonds is 13. The van der Waals surface area contributed by atoms with Gasteiger partial charge in [-0.25, -0.2) is 0 Å². The summed E-state index contributed by atoms with van der Waals surface area (Å²) in [5, 5.41) is 0. The molecule has 0 radical (unpaired) electrons. The summed E-state index contributed by atoms with van der Waals surface area (Å²) in [5.74, 6) is 2.48. The predicted molar refractivity (Wildman–Crippen MR) is 88.5 cm³/mol. The summed E-state index contributed by atoms with van der Waals surface area (Å²) in [6.45, 7) is 13.3. The van der Waals surface area contributed by atoms with Crippen LogP contribution in [0.1, 0.15) is 66.7 Å². The molecular formula is C18H34O3. The lowest BCUT2D eigenvalue weighted by atomic mass is 9.97. The summed E-state index contributed by atoms with van der Waals surface area (Å²) in [7, 11) is 0.